The summed E-state index contributed by atoms with van der Waals surface area (Å²) >= 11 is 6.38. The second kappa shape index (κ2) is 7.08. The summed E-state index contributed by atoms with van der Waals surface area (Å²) < 4.78 is 2.02. The summed E-state index contributed by atoms with van der Waals surface area (Å²) in [5.41, 5.74) is 1.20. The Kier molecular flexibility index (Phi) is 5.40. The Bertz CT molecular complexity index is 544. The van der Waals surface area contributed by atoms with Crippen LogP contribution in [0.15, 0.2) is 36.7 Å². The van der Waals surface area contributed by atoms with Crippen LogP contribution in [0.2, 0.25) is 0 Å². The van der Waals surface area contributed by atoms with Crippen molar-refractivity contribution in [3.8, 4) is 0 Å². The Balaban J connectivity index is 2.31. The molecule has 1 heterocycles. The van der Waals surface area contributed by atoms with Crippen LogP contribution in [0.25, 0.3) is 0 Å². The highest BCUT2D eigenvalue weighted by Gasteiger charge is 2.31. The Morgan fingerprint density at radius 2 is 1.95 bits per heavy atom. The second-order valence-electron chi connectivity index (χ2n) is 6.06. The minimum Gasteiger partial charge on any atom is -0.250 e. The number of alkyl halides is 1. The summed E-state index contributed by atoms with van der Waals surface area (Å²) in [6.07, 6.45) is 3.45. The molecule has 0 aliphatic heterocycles. The topological polar surface area (TPSA) is 30.7 Å². The maximum atomic E-state index is 6.38. The van der Waals surface area contributed by atoms with Gasteiger partial charge in [0.2, 0.25) is 0 Å². The summed E-state index contributed by atoms with van der Waals surface area (Å²) in [7, 11) is 0. The number of hydrogen-bond acceptors (Lipinski definition) is 2. The van der Waals surface area contributed by atoms with Crippen molar-refractivity contribution in [2.75, 3.05) is 5.88 Å². The largest absolute Gasteiger partial charge is 0.250 e. The van der Waals surface area contributed by atoms with E-state index >= 15 is 0 Å². The molecule has 0 spiro atoms. The van der Waals surface area contributed by atoms with Crippen molar-refractivity contribution in [1.29, 1.82) is 0 Å². The lowest BCUT2D eigenvalue weighted by Crippen LogP contribution is -2.32. The minimum atomic E-state index is -0.0788. The van der Waals surface area contributed by atoms with Crippen molar-refractivity contribution in [3.05, 3.63) is 48.0 Å². The van der Waals surface area contributed by atoms with Crippen LogP contribution >= 0.6 is 11.6 Å². The van der Waals surface area contributed by atoms with Crippen LogP contribution < -0.4 is 0 Å². The highest BCUT2D eigenvalue weighted by atomic mass is 35.5. The van der Waals surface area contributed by atoms with Crippen LogP contribution in [0.4, 0.5) is 0 Å². The van der Waals surface area contributed by atoms with Gasteiger partial charge in [-0.2, -0.15) is 5.10 Å². The summed E-state index contributed by atoms with van der Waals surface area (Å²) in [5.74, 6) is 2.16. The third kappa shape index (κ3) is 3.65. The zero-order valence-electron chi connectivity index (χ0n) is 13.1. The van der Waals surface area contributed by atoms with Crippen LogP contribution in [-0.4, -0.2) is 20.6 Å². The molecule has 1 aromatic carbocycles. The number of halogens is 1. The SMILES string of the molecule is CCC(CCl)(Cc1ncnn1CC(C)C)c1ccccc1. The smallest absolute Gasteiger partial charge is 0.138 e. The molecule has 2 rings (SSSR count). The van der Waals surface area contributed by atoms with E-state index in [4.69, 9.17) is 11.6 Å². The van der Waals surface area contributed by atoms with Gasteiger partial charge in [-0.25, -0.2) is 9.67 Å². The van der Waals surface area contributed by atoms with Gasteiger partial charge in [0.15, 0.2) is 0 Å². The molecule has 0 aliphatic rings. The van der Waals surface area contributed by atoms with Crippen molar-refractivity contribution < 1.29 is 0 Å². The first-order chi connectivity index (χ1) is 10.1. The van der Waals surface area contributed by atoms with Gasteiger partial charge in [-0.1, -0.05) is 51.1 Å². The monoisotopic (exact) mass is 305 g/mol. The highest BCUT2D eigenvalue weighted by molar-refractivity contribution is 6.18. The van der Waals surface area contributed by atoms with Gasteiger partial charge in [0.25, 0.3) is 0 Å². The molecule has 0 N–H and O–H groups in total. The average molecular weight is 306 g/mol. The molecule has 0 saturated carbocycles. The highest BCUT2D eigenvalue weighted by Crippen LogP contribution is 2.33. The molecule has 1 unspecified atom stereocenters. The van der Waals surface area contributed by atoms with Crippen molar-refractivity contribution >= 4 is 11.6 Å². The van der Waals surface area contributed by atoms with E-state index in [2.05, 4.69) is 55.1 Å². The second-order valence-corrected chi connectivity index (χ2v) is 6.33. The zero-order chi connectivity index (χ0) is 15.3. The van der Waals surface area contributed by atoms with Gasteiger partial charge in [0, 0.05) is 24.3 Å². The average Bonchev–Trinajstić information content (AvgIpc) is 2.92. The van der Waals surface area contributed by atoms with E-state index in [0.717, 1.165) is 25.2 Å². The molecule has 1 aromatic heterocycles. The molecular weight excluding hydrogens is 282 g/mol. The first kappa shape index (κ1) is 16.0. The maximum absolute atomic E-state index is 6.38. The van der Waals surface area contributed by atoms with E-state index in [1.165, 1.54) is 5.56 Å². The van der Waals surface area contributed by atoms with Gasteiger partial charge >= 0.3 is 0 Å². The van der Waals surface area contributed by atoms with Crippen molar-refractivity contribution in [1.82, 2.24) is 14.8 Å². The molecule has 114 valence electrons. The fraction of sp³-hybridized carbons (Fsp3) is 0.529. The lowest BCUT2D eigenvalue weighted by molar-refractivity contribution is 0.408. The first-order valence-corrected chi connectivity index (χ1v) is 8.13. The van der Waals surface area contributed by atoms with Crippen LogP contribution in [0.3, 0.4) is 0 Å². The van der Waals surface area contributed by atoms with E-state index in [9.17, 15) is 0 Å². The van der Waals surface area contributed by atoms with Gasteiger partial charge in [0.1, 0.15) is 12.2 Å². The van der Waals surface area contributed by atoms with Crippen LogP contribution in [0.5, 0.6) is 0 Å². The summed E-state index contributed by atoms with van der Waals surface area (Å²) in [6, 6.07) is 10.5. The maximum Gasteiger partial charge on any atom is 0.138 e. The molecular formula is C17H24ClN3. The number of hydrogen-bond donors (Lipinski definition) is 0. The van der Waals surface area contributed by atoms with Gasteiger partial charge in [-0.05, 0) is 17.9 Å². The van der Waals surface area contributed by atoms with E-state index in [1.54, 1.807) is 6.33 Å². The normalized spacial score (nSPS) is 14.3. The summed E-state index contributed by atoms with van der Waals surface area (Å²) in [5, 5.41) is 4.37. The molecule has 0 amide bonds. The Labute approximate surface area is 132 Å². The van der Waals surface area contributed by atoms with E-state index in [-0.39, 0.29) is 5.41 Å². The van der Waals surface area contributed by atoms with E-state index in [0.29, 0.717) is 11.8 Å². The van der Waals surface area contributed by atoms with E-state index < -0.39 is 0 Å². The van der Waals surface area contributed by atoms with Crippen molar-refractivity contribution in [2.45, 2.75) is 45.6 Å². The third-order valence-electron chi connectivity index (χ3n) is 4.05. The molecule has 1 atom stereocenters. The standard InChI is InChI=1S/C17H24ClN3/c1-4-17(12-18,15-8-6-5-7-9-15)10-16-19-13-20-21(16)11-14(2)3/h5-9,13-14H,4,10-12H2,1-3H3. The van der Waals surface area contributed by atoms with Gasteiger partial charge in [-0.3, -0.25) is 0 Å². The van der Waals surface area contributed by atoms with Crippen LogP contribution in [0, 0.1) is 5.92 Å². The van der Waals surface area contributed by atoms with Gasteiger partial charge < -0.3 is 0 Å². The predicted octanol–water partition coefficient (Wildman–Crippen LogP) is 4.06. The molecule has 3 nitrogen and oxygen atoms in total. The van der Waals surface area contributed by atoms with Crippen molar-refractivity contribution in [2.24, 2.45) is 5.92 Å². The van der Waals surface area contributed by atoms with Gasteiger partial charge in [0.05, 0.1) is 0 Å². The van der Waals surface area contributed by atoms with Crippen LogP contribution in [0.1, 0.15) is 38.6 Å². The fourth-order valence-electron chi connectivity index (χ4n) is 2.67. The molecule has 0 saturated heterocycles. The molecule has 4 heteroatoms. The molecule has 21 heavy (non-hydrogen) atoms. The zero-order valence-corrected chi connectivity index (χ0v) is 13.8. The third-order valence-corrected chi connectivity index (χ3v) is 4.56. The first-order valence-electron chi connectivity index (χ1n) is 7.59. The molecule has 0 fully saturated rings. The molecule has 0 bridgehead atoms. The Morgan fingerprint density at radius 3 is 2.52 bits per heavy atom. The summed E-state index contributed by atoms with van der Waals surface area (Å²) in [4.78, 5) is 4.47. The predicted molar refractivity (Wildman–Crippen MR) is 87.7 cm³/mol. The Morgan fingerprint density at radius 1 is 1.24 bits per heavy atom. The van der Waals surface area contributed by atoms with Crippen molar-refractivity contribution in [3.63, 3.8) is 0 Å². The Hall–Kier alpha value is -1.35. The molecule has 2 aromatic rings. The minimum absolute atomic E-state index is 0.0788. The number of rotatable bonds is 7. The molecule has 0 radical (unpaired) electrons. The lowest BCUT2D eigenvalue weighted by atomic mass is 9.77. The fourth-order valence-corrected chi connectivity index (χ4v) is 3.11. The lowest BCUT2D eigenvalue weighted by Gasteiger charge is -2.31. The quantitative estimate of drug-likeness (QED) is 0.722. The van der Waals surface area contributed by atoms with Crippen LogP contribution in [-0.2, 0) is 18.4 Å². The molecule has 0 aliphatic carbocycles. The number of benzene rings is 1. The van der Waals surface area contributed by atoms with Gasteiger partial charge in [-0.15, -0.1) is 11.6 Å². The van der Waals surface area contributed by atoms with E-state index in [1.807, 2.05) is 10.7 Å². The number of nitrogens with zero attached hydrogens (tertiary/aromatic N) is 3. The number of aromatic nitrogens is 3. The summed E-state index contributed by atoms with van der Waals surface area (Å²) in [6.45, 7) is 7.47.